The van der Waals surface area contributed by atoms with Gasteiger partial charge in [-0.25, -0.2) is 8.93 Å². The third-order valence-corrected chi connectivity index (χ3v) is 5.26. The minimum atomic E-state index is -1.22. The lowest BCUT2D eigenvalue weighted by Crippen LogP contribution is -2.46. The van der Waals surface area contributed by atoms with Crippen LogP contribution in [0.15, 0.2) is 30.3 Å². The number of nitrogens with one attached hydrogen (secondary N) is 1. The van der Waals surface area contributed by atoms with Crippen molar-refractivity contribution in [2.75, 3.05) is 6.61 Å². The van der Waals surface area contributed by atoms with Crippen molar-refractivity contribution in [1.29, 1.82) is 0 Å². The molecule has 4 nitrogen and oxygen atoms in total. The molecule has 3 atom stereocenters. The first-order chi connectivity index (χ1) is 10.8. The quantitative estimate of drug-likeness (QED) is 0.740. The fourth-order valence-electron chi connectivity index (χ4n) is 2.27. The van der Waals surface area contributed by atoms with Crippen molar-refractivity contribution >= 4 is 17.0 Å². The Morgan fingerprint density at radius 3 is 2.30 bits per heavy atom. The summed E-state index contributed by atoms with van der Waals surface area (Å²) in [4.78, 5) is 12.4. The molecular formula is C18H29NO3S. The molecule has 0 bridgehead atoms. The van der Waals surface area contributed by atoms with Gasteiger partial charge in [0.05, 0.1) is 28.3 Å². The number of benzene rings is 1. The molecule has 1 aromatic rings. The zero-order chi connectivity index (χ0) is 17.5. The summed E-state index contributed by atoms with van der Waals surface area (Å²) in [5.41, 5.74) is 1.08. The van der Waals surface area contributed by atoms with E-state index < -0.39 is 11.0 Å². The first kappa shape index (κ1) is 19.8. The normalized spacial score (nSPS) is 15.7. The molecule has 0 aliphatic carbocycles. The fourth-order valence-corrected chi connectivity index (χ4v) is 3.23. The Balaban J connectivity index is 2.95. The summed E-state index contributed by atoms with van der Waals surface area (Å²) in [6, 6.07) is 9.68. The molecule has 1 rings (SSSR count). The van der Waals surface area contributed by atoms with Gasteiger partial charge in [-0.15, -0.1) is 0 Å². The second kappa shape index (κ2) is 9.18. The Morgan fingerprint density at radius 2 is 1.83 bits per heavy atom. The topological polar surface area (TPSA) is 55.4 Å². The van der Waals surface area contributed by atoms with Gasteiger partial charge in [-0.1, -0.05) is 37.3 Å². The van der Waals surface area contributed by atoms with Gasteiger partial charge in [0.25, 0.3) is 0 Å². The SMILES string of the molecule is CCOC(=O)[C@@H](Cc1ccccc1)[C@H](CC)N[S@](=O)C(C)(C)C. The van der Waals surface area contributed by atoms with Gasteiger partial charge in [0.15, 0.2) is 0 Å². The van der Waals surface area contributed by atoms with Crippen molar-refractivity contribution in [1.82, 2.24) is 4.72 Å². The number of carbonyl (C=O) groups is 1. The largest absolute Gasteiger partial charge is 0.466 e. The van der Waals surface area contributed by atoms with Crippen LogP contribution in [-0.2, 0) is 26.9 Å². The van der Waals surface area contributed by atoms with Crippen LogP contribution in [0.4, 0.5) is 0 Å². The van der Waals surface area contributed by atoms with Gasteiger partial charge in [-0.05, 0) is 46.1 Å². The second-order valence-electron chi connectivity index (χ2n) is 6.56. The third kappa shape index (κ3) is 6.43. The van der Waals surface area contributed by atoms with Gasteiger partial charge in [-0.2, -0.15) is 0 Å². The molecule has 0 saturated carbocycles. The van der Waals surface area contributed by atoms with E-state index in [-0.39, 0.29) is 22.7 Å². The lowest BCUT2D eigenvalue weighted by Gasteiger charge is -2.28. The van der Waals surface area contributed by atoms with Gasteiger partial charge in [-0.3, -0.25) is 4.79 Å². The molecule has 23 heavy (non-hydrogen) atoms. The van der Waals surface area contributed by atoms with Crippen LogP contribution in [0.5, 0.6) is 0 Å². The number of carbonyl (C=O) groups excluding carboxylic acids is 1. The predicted octanol–water partition coefficient (Wildman–Crippen LogP) is 3.24. The van der Waals surface area contributed by atoms with Crippen LogP contribution in [0.1, 0.15) is 46.6 Å². The van der Waals surface area contributed by atoms with Crippen LogP contribution in [0, 0.1) is 5.92 Å². The van der Waals surface area contributed by atoms with Gasteiger partial charge in [0.2, 0.25) is 0 Å². The number of esters is 1. The van der Waals surface area contributed by atoms with Crippen molar-refractivity contribution in [3.63, 3.8) is 0 Å². The summed E-state index contributed by atoms with van der Waals surface area (Å²) in [6.45, 7) is 9.90. The molecule has 0 fully saturated rings. The van der Waals surface area contributed by atoms with Crippen molar-refractivity contribution in [3.05, 3.63) is 35.9 Å². The Hall–Kier alpha value is -1.20. The highest BCUT2D eigenvalue weighted by atomic mass is 32.2. The summed E-state index contributed by atoms with van der Waals surface area (Å²) < 4.78 is 20.4. The van der Waals surface area contributed by atoms with Crippen LogP contribution in [0.25, 0.3) is 0 Å². The van der Waals surface area contributed by atoms with Gasteiger partial charge >= 0.3 is 5.97 Å². The second-order valence-corrected chi connectivity index (χ2v) is 8.56. The monoisotopic (exact) mass is 339 g/mol. The van der Waals surface area contributed by atoms with Crippen LogP contribution >= 0.6 is 0 Å². The summed E-state index contributed by atoms with van der Waals surface area (Å²) >= 11 is 0. The Morgan fingerprint density at radius 1 is 1.22 bits per heavy atom. The van der Waals surface area contributed by atoms with Crippen molar-refractivity contribution in [2.24, 2.45) is 5.92 Å². The molecule has 5 heteroatoms. The number of rotatable bonds is 8. The third-order valence-electron chi connectivity index (χ3n) is 3.63. The zero-order valence-electron chi connectivity index (χ0n) is 14.8. The number of hydrogen-bond donors (Lipinski definition) is 1. The van der Waals surface area contributed by atoms with Crippen LogP contribution in [-0.4, -0.2) is 27.6 Å². The highest BCUT2D eigenvalue weighted by Gasteiger charge is 2.32. The van der Waals surface area contributed by atoms with E-state index in [0.29, 0.717) is 19.4 Å². The van der Waals surface area contributed by atoms with E-state index in [4.69, 9.17) is 4.74 Å². The van der Waals surface area contributed by atoms with E-state index in [1.807, 2.05) is 58.0 Å². The first-order valence-corrected chi connectivity index (χ1v) is 9.33. The smallest absolute Gasteiger partial charge is 0.310 e. The maximum absolute atomic E-state index is 12.4. The highest BCUT2D eigenvalue weighted by molar-refractivity contribution is 7.84. The molecule has 1 N–H and O–H groups in total. The molecule has 0 radical (unpaired) electrons. The predicted molar refractivity (Wildman–Crippen MR) is 95.4 cm³/mol. The van der Waals surface area contributed by atoms with E-state index in [1.165, 1.54) is 0 Å². The maximum Gasteiger partial charge on any atom is 0.310 e. The highest BCUT2D eigenvalue weighted by Crippen LogP contribution is 2.19. The molecule has 0 spiro atoms. The molecule has 130 valence electrons. The lowest BCUT2D eigenvalue weighted by atomic mass is 9.91. The van der Waals surface area contributed by atoms with Crippen LogP contribution < -0.4 is 4.72 Å². The van der Waals surface area contributed by atoms with E-state index in [0.717, 1.165) is 5.56 Å². The van der Waals surface area contributed by atoms with E-state index in [2.05, 4.69) is 4.72 Å². The standard InChI is InChI=1S/C18H29NO3S/c1-6-16(19-23(21)18(3,4)5)15(17(20)22-7-2)13-14-11-9-8-10-12-14/h8-12,15-16,19H,6-7,13H2,1-5H3/t15-,16-,23+/m0/s1. The van der Waals surface area contributed by atoms with Gasteiger partial charge in [0.1, 0.15) is 0 Å². The van der Waals surface area contributed by atoms with Crippen molar-refractivity contribution in [2.45, 2.75) is 58.2 Å². The summed E-state index contributed by atoms with van der Waals surface area (Å²) in [7, 11) is -1.22. The molecule has 0 aromatic heterocycles. The average Bonchev–Trinajstić information content (AvgIpc) is 2.50. The van der Waals surface area contributed by atoms with Crippen LogP contribution in [0.2, 0.25) is 0 Å². The molecule has 0 amide bonds. The molecular weight excluding hydrogens is 310 g/mol. The number of ether oxygens (including phenoxy) is 1. The Labute approximate surface area is 142 Å². The fraction of sp³-hybridized carbons (Fsp3) is 0.611. The molecule has 0 unspecified atom stereocenters. The van der Waals surface area contributed by atoms with Gasteiger partial charge < -0.3 is 4.74 Å². The molecule has 0 heterocycles. The first-order valence-electron chi connectivity index (χ1n) is 8.18. The van der Waals surface area contributed by atoms with Crippen LogP contribution in [0.3, 0.4) is 0 Å². The summed E-state index contributed by atoms with van der Waals surface area (Å²) in [6.07, 6.45) is 1.28. The summed E-state index contributed by atoms with van der Waals surface area (Å²) in [5, 5.41) is 0. The van der Waals surface area contributed by atoms with E-state index >= 15 is 0 Å². The molecule has 0 saturated heterocycles. The van der Waals surface area contributed by atoms with E-state index in [9.17, 15) is 9.00 Å². The summed E-state index contributed by atoms with van der Waals surface area (Å²) in [5.74, 6) is -0.588. The van der Waals surface area contributed by atoms with Crippen molar-refractivity contribution in [3.8, 4) is 0 Å². The minimum absolute atomic E-state index is 0.186. The Kier molecular flexibility index (Phi) is 7.92. The Bertz CT molecular complexity index is 511. The van der Waals surface area contributed by atoms with E-state index in [1.54, 1.807) is 6.92 Å². The molecule has 0 aliphatic heterocycles. The zero-order valence-corrected chi connectivity index (χ0v) is 15.6. The number of hydrogen-bond acceptors (Lipinski definition) is 3. The molecule has 1 aromatic carbocycles. The lowest BCUT2D eigenvalue weighted by molar-refractivity contribution is -0.148. The van der Waals surface area contributed by atoms with Crippen molar-refractivity contribution < 1.29 is 13.7 Å². The van der Waals surface area contributed by atoms with Gasteiger partial charge in [0, 0.05) is 6.04 Å². The average molecular weight is 340 g/mol. The molecule has 0 aliphatic rings. The maximum atomic E-state index is 12.4. The minimum Gasteiger partial charge on any atom is -0.466 e.